The minimum atomic E-state index is -0.0382. The van der Waals surface area contributed by atoms with Gasteiger partial charge in [-0.15, -0.1) is 0 Å². The normalized spacial score (nSPS) is 13.6. The number of hydrogen-bond donors (Lipinski definition) is 3. The molecule has 0 bridgehead atoms. The molecule has 1 amide bonds. The first-order valence-electron chi connectivity index (χ1n) is 9.74. The monoisotopic (exact) mass is 401 g/mol. The maximum Gasteiger partial charge on any atom is 0.251 e. The van der Waals surface area contributed by atoms with Gasteiger partial charge in [0.2, 0.25) is 0 Å². The number of ether oxygens (including phenoxy) is 1. The number of nitrogens with one attached hydrogen (secondary N) is 2. The molecule has 0 saturated heterocycles. The number of amides is 1. The predicted molar refractivity (Wildman–Crippen MR) is 118 cm³/mol. The van der Waals surface area contributed by atoms with E-state index in [-0.39, 0.29) is 11.9 Å². The zero-order valence-corrected chi connectivity index (χ0v) is 16.6. The minimum Gasteiger partial charge on any atom is -0.495 e. The molecule has 1 saturated carbocycles. The number of benzene rings is 2. The second-order valence-corrected chi connectivity index (χ2v) is 7.06. The van der Waals surface area contributed by atoms with Gasteiger partial charge in [-0.25, -0.2) is 4.98 Å². The molecule has 0 spiro atoms. The van der Waals surface area contributed by atoms with Crippen LogP contribution in [0.1, 0.15) is 23.2 Å². The Morgan fingerprint density at radius 3 is 2.67 bits per heavy atom. The van der Waals surface area contributed by atoms with E-state index in [9.17, 15) is 4.79 Å². The van der Waals surface area contributed by atoms with Crippen LogP contribution in [0.4, 0.5) is 11.5 Å². The molecule has 1 heterocycles. The molecular formula is C23H23N5O2. The molecule has 0 aliphatic heterocycles. The summed E-state index contributed by atoms with van der Waals surface area (Å²) >= 11 is 0. The number of carbonyl (C=O) groups excluding carboxylic acids is 1. The zero-order chi connectivity index (χ0) is 20.9. The predicted octanol–water partition coefficient (Wildman–Crippen LogP) is 3.71. The van der Waals surface area contributed by atoms with E-state index >= 15 is 0 Å². The second kappa shape index (κ2) is 8.65. The average molecular weight is 401 g/mol. The quantitative estimate of drug-likeness (QED) is 0.432. The summed E-state index contributed by atoms with van der Waals surface area (Å²) < 4.78 is 5.29. The Balaban J connectivity index is 1.47. The molecule has 152 valence electrons. The van der Waals surface area contributed by atoms with Crippen LogP contribution in [0.25, 0.3) is 11.1 Å². The van der Waals surface area contributed by atoms with Gasteiger partial charge in [-0.2, -0.15) is 4.99 Å². The number of para-hydroxylation sites is 2. The van der Waals surface area contributed by atoms with Gasteiger partial charge >= 0.3 is 0 Å². The Kier molecular flexibility index (Phi) is 5.61. The number of aliphatic imine (C=N–C) groups is 1. The molecule has 1 aliphatic rings. The maximum atomic E-state index is 12.3. The van der Waals surface area contributed by atoms with Gasteiger partial charge in [-0.05, 0) is 54.8 Å². The van der Waals surface area contributed by atoms with E-state index in [1.807, 2.05) is 54.6 Å². The highest BCUT2D eigenvalue weighted by molar-refractivity contribution is 5.96. The number of rotatable bonds is 6. The number of hydrogen-bond acceptors (Lipinski definition) is 4. The molecular weight excluding hydrogens is 378 g/mol. The van der Waals surface area contributed by atoms with E-state index in [1.165, 1.54) is 0 Å². The number of anilines is 1. The van der Waals surface area contributed by atoms with Crippen molar-refractivity contribution in [2.75, 3.05) is 12.4 Å². The third kappa shape index (κ3) is 4.75. The highest BCUT2D eigenvalue weighted by atomic mass is 16.5. The molecule has 4 N–H and O–H groups in total. The third-order valence-electron chi connectivity index (χ3n) is 4.72. The summed E-state index contributed by atoms with van der Waals surface area (Å²) in [5.74, 6) is 1.31. The molecule has 2 aromatic carbocycles. The van der Waals surface area contributed by atoms with Crippen molar-refractivity contribution < 1.29 is 9.53 Å². The highest BCUT2D eigenvalue weighted by Crippen LogP contribution is 2.25. The Labute approximate surface area is 175 Å². The van der Waals surface area contributed by atoms with Gasteiger partial charge in [0.05, 0.1) is 12.8 Å². The van der Waals surface area contributed by atoms with Crippen LogP contribution in [0, 0.1) is 0 Å². The summed E-state index contributed by atoms with van der Waals surface area (Å²) in [7, 11) is 1.60. The van der Waals surface area contributed by atoms with Crippen molar-refractivity contribution in [3.8, 4) is 16.9 Å². The molecule has 1 fully saturated rings. The van der Waals surface area contributed by atoms with E-state index in [4.69, 9.17) is 10.5 Å². The van der Waals surface area contributed by atoms with E-state index in [0.717, 1.165) is 29.7 Å². The van der Waals surface area contributed by atoms with Crippen molar-refractivity contribution in [2.24, 2.45) is 10.7 Å². The first-order valence-corrected chi connectivity index (χ1v) is 9.74. The van der Waals surface area contributed by atoms with E-state index in [2.05, 4.69) is 20.6 Å². The standard InChI is InChI=1S/C23H23N5O2/c1-30-20-8-3-2-7-19(20)27-23(24)28-21-12-9-17(14-25-21)15-5-4-6-16(13-15)22(29)26-18-10-11-18/h2-9,12-14,18H,10-11H2,1H3,(H,26,29)(H3,24,25,27,28). The smallest absolute Gasteiger partial charge is 0.251 e. The SMILES string of the molecule is COc1ccccc1NC(N)=Nc1ccc(-c2cccc(C(=O)NC3CC3)c2)cn1. The van der Waals surface area contributed by atoms with Crippen molar-refractivity contribution >= 4 is 23.4 Å². The summed E-state index contributed by atoms with van der Waals surface area (Å²) in [5.41, 5.74) is 9.19. The van der Waals surface area contributed by atoms with Crippen LogP contribution in [-0.4, -0.2) is 30.0 Å². The fourth-order valence-electron chi connectivity index (χ4n) is 3.00. The first kappa shape index (κ1) is 19.4. The minimum absolute atomic E-state index is 0.0382. The Morgan fingerprint density at radius 2 is 1.93 bits per heavy atom. The fraction of sp³-hybridized carbons (Fsp3) is 0.174. The Hall–Kier alpha value is -3.87. The summed E-state index contributed by atoms with van der Waals surface area (Å²) in [6, 6.07) is 19.0. The average Bonchev–Trinajstić information content (AvgIpc) is 3.59. The van der Waals surface area contributed by atoms with Gasteiger partial charge in [0.25, 0.3) is 5.91 Å². The molecule has 1 aromatic heterocycles. The fourth-order valence-corrected chi connectivity index (χ4v) is 3.00. The third-order valence-corrected chi connectivity index (χ3v) is 4.72. The van der Waals surface area contributed by atoms with Crippen LogP contribution < -0.4 is 21.1 Å². The van der Waals surface area contributed by atoms with Gasteiger partial charge < -0.3 is 21.1 Å². The number of methoxy groups -OCH3 is 1. The van der Waals surface area contributed by atoms with E-state index in [1.54, 1.807) is 19.4 Å². The number of nitrogens with two attached hydrogens (primary N) is 1. The number of pyridine rings is 1. The van der Waals surface area contributed by atoms with Gasteiger partial charge in [0.1, 0.15) is 5.75 Å². The summed E-state index contributed by atoms with van der Waals surface area (Å²) in [4.78, 5) is 21.0. The molecule has 0 unspecified atom stereocenters. The van der Waals surface area contributed by atoms with Crippen molar-refractivity contribution in [2.45, 2.75) is 18.9 Å². The molecule has 7 nitrogen and oxygen atoms in total. The summed E-state index contributed by atoms with van der Waals surface area (Å²) in [6.45, 7) is 0. The lowest BCUT2D eigenvalue weighted by Crippen LogP contribution is -2.25. The highest BCUT2D eigenvalue weighted by Gasteiger charge is 2.23. The van der Waals surface area contributed by atoms with Crippen LogP contribution in [0.2, 0.25) is 0 Å². The molecule has 30 heavy (non-hydrogen) atoms. The number of carbonyl (C=O) groups is 1. The van der Waals surface area contributed by atoms with Crippen LogP contribution >= 0.6 is 0 Å². The summed E-state index contributed by atoms with van der Waals surface area (Å²) in [5, 5.41) is 6.02. The number of guanidine groups is 1. The molecule has 1 aliphatic carbocycles. The van der Waals surface area contributed by atoms with E-state index in [0.29, 0.717) is 23.2 Å². The molecule has 7 heteroatoms. The van der Waals surface area contributed by atoms with E-state index < -0.39 is 0 Å². The van der Waals surface area contributed by atoms with Gasteiger partial charge in [-0.1, -0.05) is 24.3 Å². The van der Waals surface area contributed by atoms with Gasteiger partial charge in [0, 0.05) is 23.4 Å². The first-order chi connectivity index (χ1) is 14.6. The Morgan fingerprint density at radius 1 is 1.10 bits per heavy atom. The van der Waals surface area contributed by atoms with Crippen LogP contribution in [0.5, 0.6) is 5.75 Å². The van der Waals surface area contributed by atoms with Crippen LogP contribution in [-0.2, 0) is 0 Å². The lowest BCUT2D eigenvalue weighted by Gasteiger charge is -2.10. The molecule has 0 radical (unpaired) electrons. The topological polar surface area (TPSA) is 102 Å². The lowest BCUT2D eigenvalue weighted by molar-refractivity contribution is 0.0951. The van der Waals surface area contributed by atoms with Crippen molar-refractivity contribution in [1.82, 2.24) is 10.3 Å². The van der Waals surface area contributed by atoms with Crippen molar-refractivity contribution in [1.29, 1.82) is 0 Å². The lowest BCUT2D eigenvalue weighted by atomic mass is 10.0. The largest absolute Gasteiger partial charge is 0.495 e. The Bertz CT molecular complexity index is 1070. The molecule has 4 rings (SSSR count). The second-order valence-electron chi connectivity index (χ2n) is 7.06. The number of nitrogens with zero attached hydrogens (tertiary/aromatic N) is 2. The maximum absolute atomic E-state index is 12.3. The summed E-state index contributed by atoms with van der Waals surface area (Å²) in [6.07, 6.45) is 3.84. The van der Waals surface area contributed by atoms with Crippen LogP contribution in [0.15, 0.2) is 71.9 Å². The molecule has 3 aromatic rings. The van der Waals surface area contributed by atoms with Crippen LogP contribution in [0.3, 0.4) is 0 Å². The van der Waals surface area contributed by atoms with Gasteiger partial charge in [0.15, 0.2) is 11.8 Å². The van der Waals surface area contributed by atoms with Crippen molar-refractivity contribution in [3.05, 3.63) is 72.4 Å². The zero-order valence-electron chi connectivity index (χ0n) is 16.6. The van der Waals surface area contributed by atoms with Crippen molar-refractivity contribution in [3.63, 3.8) is 0 Å². The number of aromatic nitrogens is 1. The molecule has 0 atom stereocenters. The van der Waals surface area contributed by atoms with Gasteiger partial charge in [-0.3, -0.25) is 4.79 Å².